The molecule has 2 N–H and O–H groups in total. The molecule has 0 amide bonds. The topological polar surface area (TPSA) is 61.7 Å². The molecule has 3 aromatic rings. The van der Waals surface area contributed by atoms with Gasteiger partial charge in [0.1, 0.15) is 5.52 Å². The van der Waals surface area contributed by atoms with Crippen LogP contribution in [0.15, 0.2) is 24.3 Å². The van der Waals surface area contributed by atoms with Crippen molar-refractivity contribution in [2.24, 2.45) is 7.05 Å². The summed E-state index contributed by atoms with van der Waals surface area (Å²) in [4.78, 5) is 4.48. The van der Waals surface area contributed by atoms with E-state index in [0.29, 0.717) is 5.95 Å². The van der Waals surface area contributed by atoms with E-state index in [1.807, 2.05) is 34.5 Å². The Kier molecular flexibility index (Phi) is 2.55. The number of hydrogen-bond acceptors (Lipinski definition) is 3. The first kappa shape index (κ1) is 11.8. The molecule has 3 rings (SSSR count). The Labute approximate surface area is 111 Å². The average Bonchev–Trinajstić information content (AvgIpc) is 2.88. The maximum absolute atomic E-state index is 6.10. The van der Waals surface area contributed by atoms with E-state index in [0.717, 1.165) is 34.5 Å². The van der Waals surface area contributed by atoms with Crippen LogP contribution in [0.25, 0.3) is 16.9 Å². The van der Waals surface area contributed by atoms with Crippen molar-refractivity contribution in [3.63, 3.8) is 0 Å². The number of anilines is 1. The van der Waals surface area contributed by atoms with E-state index in [1.54, 1.807) is 0 Å². The molecule has 0 aliphatic rings. The third kappa shape index (κ3) is 1.62. The standard InChI is InChI=1S/C14H17N5/c1-4-10-12-13(18(3)17-10)19(14(15)16-12)11-8-6-5-7-9(11)2/h5-8H,4H2,1-3H3,(H2,15,16). The lowest BCUT2D eigenvalue weighted by atomic mass is 10.2. The lowest BCUT2D eigenvalue weighted by Gasteiger charge is -2.09. The van der Waals surface area contributed by atoms with Crippen molar-refractivity contribution in [1.82, 2.24) is 19.3 Å². The molecule has 98 valence electrons. The van der Waals surface area contributed by atoms with E-state index in [-0.39, 0.29) is 0 Å². The Morgan fingerprint density at radius 2 is 2.00 bits per heavy atom. The number of imidazole rings is 1. The summed E-state index contributed by atoms with van der Waals surface area (Å²) in [5.74, 6) is 0.506. The van der Waals surface area contributed by atoms with Crippen LogP contribution in [-0.2, 0) is 13.5 Å². The van der Waals surface area contributed by atoms with Crippen LogP contribution in [0.5, 0.6) is 0 Å². The first-order valence-electron chi connectivity index (χ1n) is 6.39. The highest BCUT2D eigenvalue weighted by atomic mass is 15.3. The van der Waals surface area contributed by atoms with Gasteiger partial charge in [-0.3, -0.25) is 4.57 Å². The second kappa shape index (κ2) is 4.12. The van der Waals surface area contributed by atoms with Gasteiger partial charge in [0.2, 0.25) is 5.95 Å². The van der Waals surface area contributed by atoms with Gasteiger partial charge in [-0.25, -0.2) is 9.67 Å². The zero-order chi connectivity index (χ0) is 13.6. The zero-order valence-corrected chi connectivity index (χ0v) is 11.4. The lowest BCUT2D eigenvalue weighted by Crippen LogP contribution is -2.06. The number of nitrogens with zero attached hydrogens (tertiary/aromatic N) is 4. The molecular formula is C14H17N5. The van der Waals surface area contributed by atoms with Gasteiger partial charge in [0.25, 0.3) is 0 Å². The van der Waals surface area contributed by atoms with E-state index in [9.17, 15) is 0 Å². The third-order valence-electron chi connectivity index (χ3n) is 3.42. The molecule has 5 heteroatoms. The number of aryl methyl sites for hydroxylation is 3. The molecule has 1 aromatic carbocycles. The Balaban J connectivity index is 2.39. The maximum Gasteiger partial charge on any atom is 0.207 e. The summed E-state index contributed by atoms with van der Waals surface area (Å²) in [6, 6.07) is 8.14. The Morgan fingerprint density at radius 3 is 2.68 bits per heavy atom. The number of para-hydroxylation sites is 1. The fourth-order valence-corrected chi connectivity index (χ4v) is 2.49. The SMILES string of the molecule is CCc1nn(C)c2c1nc(N)n2-c1ccccc1C. The minimum Gasteiger partial charge on any atom is -0.369 e. The molecule has 0 bridgehead atoms. The summed E-state index contributed by atoms with van der Waals surface area (Å²) in [5, 5.41) is 4.50. The molecule has 0 fully saturated rings. The van der Waals surface area contributed by atoms with E-state index in [1.165, 1.54) is 0 Å². The second-order valence-electron chi connectivity index (χ2n) is 4.69. The molecule has 0 aliphatic heterocycles. The summed E-state index contributed by atoms with van der Waals surface area (Å²) >= 11 is 0. The maximum atomic E-state index is 6.10. The predicted octanol–water partition coefficient (Wildman–Crippen LogP) is 2.21. The molecule has 0 aliphatic carbocycles. The van der Waals surface area contributed by atoms with Gasteiger partial charge in [-0.2, -0.15) is 5.10 Å². The normalized spacial score (nSPS) is 11.3. The molecule has 5 nitrogen and oxygen atoms in total. The van der Waals surface area contributed by atoms with Gasteiger partial charge < -0.3 is 5.73 Å². The van der Waals surface area contributed by atoms with Crippen LogP contribution in [0.2, 0.25) is 0 Å². The molecule has 0 unspecified atom stereocenters. The highest BCUT2D eigenvalue weighted by molar-refractivity contribution is 5.80. The summed E-state index contributed by atoms with van der Waals surface area (Å²) in [6.45, 7) is 4.14. The summed E-state index contributed by atoms with van der Waals surface area (Å²) in [6.07, 6.45) is 0.849. The summed E-state index contributed by atoms with van der Waals surface area (Å²) in [7, 11) is 1.93. The van der Waals surface area contributed by atoms with Gasteiger partial charge in [-0.15, -0.1) is 0 Å². The summed E-state index contributed by atoms with van der Waals surface area (Å²) in [5.41, 5.74) is 11.1. The monoisotopic (exact) mass is 255 g/mol. The minimum absolute atomic E-state index is 0.506. The molecular weight excluding hydrogens is 238 g/mol. The van der Waals surface area contributed by atoms with Crippen molar-refractivity contribution >= 4 is 17.1 Å². The molecule has 2 aromatic heterocycles. The number of nitrogen functional groups attached to an aromatic ring is 1. The lowest BCUT2D eigenvalue weighted by molar-refractivity contribution is 0.751. The zero-order valence-electron chi connectivity index (χ0n) is 11.4. The van der Waals surface area contributed by atoms with Crippen LogP contribution in [0, 0.1) is 6.92 Å². The minimum atomic E-state index is 0.506. The first-order valence-corrected chi connectivity index (χ1v) is 6.39. The Morgan fingerprint density at radius 1 is 1.26 bits per heavy atom. The smallest absolute Gasteiger partial charge is 0.207 e. The largest absolute Gasteiger partial charge is 0.369 e. The number of fused-ring (bicyclic) bond motifs is 1. The second-order valence-corrected chi connectivity index (χ2v) is 4.69. The quantitative estimate of drug-likeness (QED) is 0.763. The van der Waals surface area contributed by atoms with Crippen molar-refractivity contribution in [3.8, 4) is 5.69 Å². The highest BCUT2D eigenvalue weighted by Gasteiger charge is 2.18. The van der Waals surface area contributed by atoms with Crippen LogP contribution < -0.4 is 5.73 Å². The molecule has 2 heterocycles. The van der Waals surface area contributed by atoms with E-state index < -0.39 is 0 Å². The molecule has 0 spiro atoms. The number of benzene rings is 1. The first-order chi connectivity index (χ1) is 9.13. The van der Waals surface area contributed by atoms with Gasteiger partial charge in [0.15, 0.2) is 5.65 Å². The molecule has 0 saturated heterocycles. The molecule has 19 heavy (non-hydrogen) atoms. The number of nitrogens with two attached hydrogens (primary N) is 1. The number of hydrogen-bond donors (Lipinski definition) is 1. The summed E-state index contributed by atoms with van der Waals surface area (Å²) < 4.78 is 3.82. The van der Waals surface area contributed by atoms with Gasteiger partial charge in [-0.05, 0) is 25.0 Å². The van der Waals surface area contributed by atoms with E-state index in [2.05, 4.69) is 30.0 Å². The average molecular weight is 255 g/mol. The van der Waals surface area contributed by atoms with Crippen LogP contribution in [0.3, 0.4) is 0 Å². The van der Waals surface area contributed by atoms with Gasteiger partial charge in [-0.1, -0.05) is 25.1 Å². The fourth-order valence-electron chi connectivity index (χ4n) is 2.49. The van der Waals surface area contributed by atoms with Crippen LogP contribution in [0.4, 0.5) is 5.95 Å². The predicted molar refractivity (Wildman–Crippen MR) is 76.4 cm³/mol. The molecule has 0 radical (unpaired) electrons. The third-order valence-corrected chi connectivity index (χ3v) is 3.42. The number of rotatable bonds is 2. The highest BCUT2D eigenvalue weighted by Crippen LogP contribution is 2.26. The molecule has 0 saturated carbocycles. The molecule has 0 atom stereocenters. The van der Waals surface area contributed by atoms with Crippen LogP contribution >= 0.6 is 0 Å². The van der Waals surface area contributed by atoms with Crippen LogP contribution in [0.1, 0.15) is 18.2 Å². The van der Waals surface area contributed by atoms with Crippen molar-refractivity contribution < 1.29 is 0 Å². The van der Waals surface area contributed by atoms with Gasteiger partial charge in [0.05, 0.1) is 11.4 Å². The van der Waals surface area contributed by atoms with E-state index >= 15 is 0 Å². The van der Waals surface area contributed by atoms with Gasteiger partial charge >= 0.3 is 0 Å². The van der Waals surface area contributed by atoms with Gasteiger partial charge in [0, 0.05) is 7.05 Å². The van der Waals surface area contributed by atoms with Crippen LogP contribution in [-0.4, -0.2) is 19.3 Å². The number of aromatic nitrogens is 4. The van der Waals surface area contributed by atoms with Crippen molar-refractivity contribution in [1.29, 1.82) is 0 Å². The van der Waals surface area contributed by atoms with Crippen molar-refractivity contribution in [3.05, 3.63) is 35.5 Å². The van der Waals surface area contributed by atoms with E-state index in [4.69, 9.17) is 5.73 Å². The fraction of sp³-hybridized carbons (Fsp3) is 0.286. The van der Waals surface area contributed by atoms with Crippen molar-refractivity contribution in [2.45, 2.75) is 20.3 Å². The Hall–Kier alpha value is -2.30. The van der Waals surface area contributed by atoms with Crippen molar-refractivity contribution in [2.75, 3.05) is 5.73 Å². The Bertz CT molecular complexity index is 751.